The van der Waals surface area contributed by atoms with Crippen molar-refractivity contribution in [2.24, 2.45) is 5.73 Å². The molecule has 1 aromatic heterocycles. The molecule has 0 spiro atoms. The van der Waals surface area contributed by atoms with Crippen LogP contribution >= 0.6 is 11.6 Å². The highest BCUT2D eigenvalue weighted by molar-refractivity contribution is 6.33. The van der Waals surface area contributed by atoms with Crippen LogP contribution in [0.1, 0.15) is 6.42 Å². The highest BCUT2D eigenvalue weighted by Crippen LogP contribution is 2.17. The minimum atomic E-state index is -0.743. The first kappa shape index (κ1) is 11.5. The van der Waals surface area contributed by atoms with Gasteiger partial charge in [0.05, 0.1) is 11.1 Å². The summed E-state index contributed by atoms with van der Waals surface area (Å²) >= 11 is 5.79. The van der Waals surface area contributed by atoms with E-state index in [-0.39, 0.29) is 12.2 Å². The molecule has 0 radical (unpaired) electrons. The molecule has 1 rings (SSSR count). The standard InChI is InChI=1S/C10H10ClN3O/c1-2-4-8(12)10(15)14-9-7(11)5-3-6-13-9/h1,3,5-6,8H,4,12H2,(H,13,14,15). The molecule has 15 heavy (non-hydrogen) atoms. The zero-order chi connectivity index (χ0) is 11.3. The fraction of sp³-hybridized carbons (Fsp3) is 0.200. The predicted octanol–water partition coefficient (Wildman–Crippen LogP) is 1.02. The number of halogens is 1. The predicted molar refractivity (Wildman–Crippen MR) is 59.3 cm³/mol. The van der Waals surface area contributed by atoms with Gasteiger partial charge in [-0.05, 0) is 12.1 Å². The average Bonchev–Trinajstić information content (AvgIpc) is 2.21. The van der Waals surface area contributed by atoms with E-state index in [0.717, 1.165) is 0 Å². The second kappa shape index (κ2) is 5.35. The molecule has 1 unspecified atom stereocenters. The molecule has 0 saturated heterocycles. The molecular formula is C10H10ClN3O. The first-order valence-corrected chi connectivity index (χ1v) is 4.63. The summed E-state index contributed by atoms with van der Waals surface area (Å²) in [4.78, 5) is 15.3. The first-order valence-electron chi connectivity index (χ1n) is 4.25. The van der Waals surface area contributed by atoms with Crippen molar-refractivity contribution in [3.63, 3.8) is 0 Å². The lowest BCUT2D eigenvalue weighted by atomic mass is 10.2. The van der Waals surface area contributed by atoms with E-state index >= 15 is 0 Å². The average molecular weight is 224 g/mol. The van der Waals surface area contributed by atoms with Crippen LogP contribution in [-0.2, 0) is 4.79 Å². The number of hydrogen-bond donors (Lipinski definition) is 2. The van der Waals surface area contributed by atoms with Gasteiger partial charge in [0.1, 0.15) is 0 Å². The summed E-state index contributed by atoms with van der Waals surface area (Å²) in [5, 5.41) is 2.85. The van der Waals surface area contributed by atoms with Gasteiger partial charge < -0.3 is 11.1 Å². The van der Waals surface area contributed by atoms with E-state index in [2.05, 4.69) is 16.2 Å². The second-order valence-corrected chi connectivity index (χ2v) is 3.25. The van der Waals surface area contributed by atoms with Crippen molar-refractivity contribution in [3.8, 4) is 12.3 Å². The third-order valence-electron chi connectivity index (χ3n) is 1.67. The van der Waals surface area contributed by atoms with Crippen LogP contribution in [0.15, 0.2) is 18.3 Å². The van der Waals surface area contributed by atoms with Gasteiger partial charge in [-0.25, -0.2) is 4.98 Å². The normalized spacial score (nSPS) is 11.5. The van der Waals surface area contributed by atoms with E-state index in [1.165, 1.54) is 6.20 Å². The van der Waals surface area contributed by atoms with Crippen molar-refractivity contribution in [1.82, 2.24) is 4.98 Å². The Morgan fingerprint density at radius 3 is 3.13 bits per heavy atom. The van der Waals surface area contributed by atoms with Crippen molar-refractivity contribution in [1.29, 1.82) is 0 Å². The Kier molecular flexibility index (Phi) is 4.10. The minimum Gasteiger partial charge on any atom is -0.319 e. The number of rotatable bonds is 3. The molecule has 5 heteroatoms. The highest BCUT2D eigenvalue weighted by Gasteiger charge is 2.13. The molecule has 1 aromatic rings. The summed E-state index contributed by atoms with van der Waals surface area (Å²) in [5.74, 6) is 2.20. The van der Waals surface area contributed by atoms with Crippen molar-refractivity contribution in [2.45, 2.75) is 12.5 Å². The van der Waals surface area contributed by atoms with Crippen LogP contribution in [0.25, 0.3) is 0 Å². The molecule has 0 aliphatic carbocycles. The number of nitrogens with two attached hydrogens (primary N) is 1. The number of carbonyl (C=O) groups excluding carboxylic acids is 1. The van der Waals surface area contributed by atoms with Crippen LogP contribution in [0.2, 0.25) is 5.02 Å². The number of anilines is 1. The molecule has 3 N–H and O–H groups in total. The Bertz CT molecular complexity index is 400. The van der Waals surface area contributed by atoms with Gasteiger partial charge in [-0.1, -0.05) is 11.6 Å². The largest absolute Gasteiger partial charge is 0.319 e. The summed E-state index contributed by atoms with van der Waals surface area (Å²) in [5.41, 5.74) is 5.50. The zero-order valence-corrected chi connectivity index (χ0v) is 8.66. The Balaban J connectivity index is 2.67. The molecule has 0 bridgehead atoms. The van der Waals surface area contributed by atoms with E-state index in [1.807, 2.05) is 0 Å². The summed E-state index contributed by atoms with van der Waals surface area (Å²) in [7, 11) is 0. The van der Waals surface area contributed by atoms with Gasteiger partial charge in [0.2, 0.25) is 5.91 Å². The quantitative estimate of drug-likeness (QED) is 0.752. The van der Waals surface area contributed by atoms with E-state index in [1.54, 1.807) is 12.1 Å². The van der Waals surface area contributed by atoms with Gasteiger partial charge in [0.25, 0.3) is 0 Å². The monoisotopic (exact) mass is 223 g/mol. The SMILES string of the molecule is C#CCC(N)C(=O)Nc1ncccc1Cl. The van der Waals surface area contributed by atoms with Crippen molar-refractivity contribution < 1.29 is 4.79 Å². The van der Waals surface area contributed by atoms with Crippen molar-refractivity contribution in [2.75, 3.05) is 5.32 Å². The lowest BCUT2D eigenvalue weighted by molar-refractivity contribution is -0.117. The maximum atomic E-state index is 11.4. The number of hydrogen-bond acceptors (Lipinski definition) is 3. The smallest absolute Gasteiger partial charge is 0.243 e. The third kappa shape index (κ3) is 3.24. The van der Waals surface area contributed by atoms with Crippen molar-refractivity contribution >= 4 is 23.3 Å². The van der Waals surface area contributed by atoms with Crippen LogP contribution in [0, 0.1) is 12.3 Å². The Morgan fingerprint density at radius 1 is 1.80 bits per heavy atom. The van der Waals surface area contributed by atoms with Gasteiger partial charge in [0.15, 0.2) is 5.82 Å². The number of aromatic nitrogens is 1. The highest BCUT2D eigenvalue weighted by atomic mass is 35.5. The number of nitrogens with zero attached hydrogens (tertiary/aromatic N) is 1. The molecule has 1 amide bonds. The van der Waals surface area contributed by atoms with Crippen LogP contribution in [0.3, 0.4) is 0 Å². The van der Waals surface area contributed by atoms with E-state index in [9.17, 15) is 4.79 Å². The fourth-order valence-corrected chi connectivity index (χ4v) is 1.08. The summed E-state index contributed by atoms with van der Waals surface area (Å²) < 4.78 is 0. The Hall–Kier alpha value is -1.57. The molecule has 0 aromatic carbocycles. The molecule has 1 atom stereocenters. The summed E-state index contributed by atoms with van der Waals surface area (Å²) in [6, 6.07) is 2.55. The molecule has 1 heterocycles. The minimum absolute atomic E-state index is 0.177. The Labute approximate surface area is 92.8 Å². The number of carbonyl (C=O) groups is 1. The van der Waals surface area contributed by atoms with Gasteiger partial charge in [-0.15, -0.1) is 12.3 Å². The maximum absolute atomic E-state index is 11.4. The van der Waals surface area contributed by atoms with Gasteiger partial charge in [0, 0.05) is 12.6 Å². The topological polar surface area (TPSA) is 68.0 Å². The van der Waals surface area contributed by atoms with Crippen LogP contribution in [-0.4, -0.2) is 16.9 Å². The van der Waals surface area contributed by atoms with Gasteiger partial charge >= 0.3 is 0 Å². The lowest BCUT2D eigenvalue weighted by Gasteiger charge is -2.09. The first-order chi connectivity index (χ1) is 7.15. The molecule has 78 valence electrons. The number of amides is 1. The lowest BCUT2D eigenvalue weighted by Crippen LogP contribution is -2.35. The molecule has 0 aliphatic rings. The third-order valence-corrected chi connectivity index (χ3v) is 1.98. The van der Waals surface area contributed by atoms with Gasteiger partial charge in [-0.3, -0.25) is 4.79 Å². The van der Waals surface area contributed by atoms with Crippen LogP contribution < -0.4 is 11.1 Å². The molecule has 0 saturated carbocycles. The van der Waals surface area contributed by atoms with E-state index in [0.29, 0.717) is 5.02 Å². The van der Waals surface area contributed by atoms with E-state index < -0.39 is 11.9 Å². The number of pyridine rings is 1. The summed E-state index contributed by atoms with van der Waals surface area (Å²) in [6.45, 7) is 0. The molecule has 0 fully saturated rings. The number of nitrogens with one attached hydrogen (secondary N) is 1. The van der Waals surface area contributed by atoms with Crippen LogP contribution in [0.5, 0.6) is 0 Å². The molecule has 0 aliphatic heterocycles. The molecule has 4 nitrogen and oxygen atoms in total. The van der Waals surface area contributed by atoms with Crippen LogP contribution in [0.4, 0.5) is 5.82 Å². The summed E-state index contributed by atoms with van der Waals surface area (Å²) in [6.07, 6.45) is 6.74. The molecular weight excluding hydrogens is 214 g/mol. The zero-order valence-electron chi connectivity index (χ0n) is 7.90. The number of terminal acetylenes is 1. The fourth-order valence-electron chi connectivity index (χ4n) is 0.907. The van der Waals surface area contributed by atoms with Gasteiger partial charge in [-0.2, -0.15) is 0 Å². The Morgan fingerprint density at radius 2 is 2.53 bits per heavy atom. The van der Waals surface area contributed by atoms with Crippen molar-refractivity contribution in [3.05, 3.63) is 23.4 Å². The van der Waals surface area contributed by atoms with E-state index in [4.69, 9.17) is 23.8 Å². The maximum Gasteiger partial charge on any atom is 0.243 e. The second-order valence-electron chi connectivity index (χ2n) is 2.84.